The highest BCUT2D eigenvalue weighted by atomic mass is 32.2. The Morgan fingerprint density at radius 2 is 2.17 bits per heavy atom. The molecule has 0 aliphatic carbocycles. The number of guanidine groups is 1. The van der Waals surface area contributed by atoms with E-state index in [0.717, 1.165) is 17.7 Å². The number of allylic oxidation sites excluding steroid dienone is 1. The number of nitrogens with one attached hydrogen (secondary N) is 1. The Kier molecular flexibility index (Phi) is 5.19. The summed E-state index contributed by atoms with van der Waals surface area (Å²) in [6.07, 6.45) is 0.882. The first-order valence-corrected chi connectivity index (χ1v) is 4.46. The minimum atomic E-state index is -0.0668. The van der Waals surface area contributed by atoms with Gasteiger partial charge in [0.05, 0.1) is 0 Å². The molecule has 0 aromatic rings. The van der Waals surface area contributed by atoms with Crippen molar-refractivity contribution in [3.8, 4) is 0 Å². The molecule has 0 fully saturated rings. The summed E-state index contributed by atoms with van der Waals surface area (Å²) in [6.45, 7) is 5.69. The quantitative estimate of drug-likeness (QED) is 0.347. The van der Waals surface area contributed by atoms with Gasteiger partial charge in [-0.1, -0.05) is 17.3 Å². The Labute approximate surface area is 76.6 Å². The highest BCUT2D eigenvalue weighted by Crippen LogP contribution is 2.08. The first kappa shape index (κ1) is 11.0. The Bertz CT molecular complexity index is 205. The lowest BCUT2D eigenvalue weighted by Gasteiger charge is -1.98. The van der Waals surface area contributed by atoms with Gasteiger partial charge in [0.15, 0.2) is 11.1 Å². The molecule has 0 atom stereocenters. The van der Waals surface area contributed by atoms with Crippen molar-refractivity contribution in [3.05, 3.63) is 12.2 Å². The molecule has 0 heterocycles. The Hall–Kier alpha value is -0.970. The molecular weight excluding hydrogens is 172 g/mol. The van der Waals surface area contributed by atoms with Crippen molar-refractivity contribution in [3.63, 3.8) is 0 Å². The molecule has 0 aromatic carbocycles. The molecule has 0 rings (SSSR count). The van der Waals surface area contributed by atoms with Gasteiger partial charge in [0.1, 0.15) is 0 Å². The maximum atomic E-state index is 7.25. The molecule has 4 nitrogen and oxygen atoms in total. The van der Waals surface area contributed by atoms with Gasteiger partial charge in [-0.25, -0.2) is 0 Å². The molecule has 0 radical (unpaired) electrons. The van der Waals surface area contributed by atoms with E-state index in [1.165, 1.54) is 11.8 Å². The molecule has 0 saturated heterocycles. The lowest BCUT2D eigenvalue weighted by molar-refractivity contribution is 1.13. The van der Waals surface area contributed by atoms with Crippen LogP contribution in [0, 0.1) is 5.41 Å². The van der Waals surface area contributed by atoms with Crippen molar-refractivity contribution < 1.29 is 0 Å². The van der Waals surface area contributed by atoms with Crippen molar-refractivity contribution in [1.82, 2.24) is 0 Å². The van der Waals surface area contributed by atoms with E-state index in [1.807, 2.05) is 6.92 Å². The molecule has 0 bridgehead atoms. The first-order valence-electron chi connectivity index (χ1n) is 3.47. The van der Waals surface area contributed by atoms with Crippen LogP contribution >= 0.6 is 11.8 Å². The normalized spacial score (nSPS) is 9.08. The molecule has 0 saturated carbocycles. The number of thioether (sulfide) groups is 1. The summed E-state index contributed by atoms with van der Waals surface area (Å²) in [5.41, 5.74) is 11.3. The summed E-state index contributed by atoms with van der Waals surface area (Å²) in [6, 6.07) is 0. The van der Waals surface area contributed by atoms with Crippen LogP contribution in [-0.4, -0.2) is 16.9 Å². The van der Waals surface area contributed by atoms with E-state index in [2.05, 4.69) is 11.6 Å². The topological polar surface area (TPSA) is 88.2 Å². The number of aliphatic imine (C=N–C) groups is 1. The molecule has 0 aliphatic heterocycles. The highest BCUT2D eigenvalue weighted by Gasteiger charge is 1.95. The second kappa shape index (κ2) is 5.65. The van der Waals surface area contributed by atoms with Crippen molar-refractivity contribution in [2.75, 3.05) is 5.75 Å². The van der Waals surface area contributed by atoms with E-state index in [4.69, 9.17) is 16.9 Å². The highest BCUT2D eigenvalue weighted by molar-refractivity contribution is 8.13. The van der Waals surface area contributed by atoms with Gasteiger partial charge < -0.3 is 11.5 Å². The number of rotatable bonds is 3. The van der Waals surface area contributed by atoms with Crippen molar-refractivity contribution in [2.45, 2.75) is 13.3 Å². The van der Waals surface area contributed by atoms with E-state index < -0.39 is 0 Å². The van der Waals surface area contributed by atoms with Crippen LogP contribution in [0.15, 0.2) is 17.1 Å². The molecule has 5 N–H and O–H groups in total. The summed E-state index contributed by atoms with van der Waals surface area (Å²) in [5.74, 6) is 0.730. The zero-order valence-corrected chi connectivity index (χ0v) is 7.95. The van der Waals surface area contributed by atoms with Crippen LogP contribution in [0.3, 0.4) is 0 Å². The third kappa shape index (κ3) is 7.14. The van der Waals surface area contributed by atoms with Gasteiger partial charge in [0.2, 0.25) is 0 Å². The van der Waals surface area contributed by atoms with E-state index in [9.17, 15) is 0 Å². The third-order valence-corrected chi connectivity index (χ3v) is 1.77. The van der Waals surface area contributed by atoms with Crippen LogP contribution in [0.1, 0.15) is 13.3 Å². The number of nitrogens with two attached hydrogens (primary N) is 2. The SMILES string of the molecule is C=C(C)CCSC(=N)N=C(N)N. The smallest absolute Gasteiger partial charge is 0.193 e. The molecule has 12 heavy (non-hydrogen) atoms. The van der Waals surface area contributed by atoms with Gasteiger partial charge in [0, 0.05) is 5.75 Å². The molecule has 0 amide bonds. The fourth-order valence-electron chi connectivity index (χ4n) is 0.471. The monoisotopic (exact) mass is 186 g/mol. The zero-order chi connectivity index (χ0) is 9.56. The molecule has 5 heteroatoms. The van der Waals surface area contributed by atoms with E-state index in [0.29, 0.717) is 0 Å². The summed E-state index contributed by atoms with van der Waals surface area (Å²) in [7, 11) is 0. The Morgan fingerprint density at radius 1 is 1.58 bits per heavy atom. The fraction of sp³-hybridized carbons (Fsp3) is 0.429. The summed E-state index contributed by atoms with van der Waals surface area (Å²) in [5, 5.41) is 7.40. The molecular formula is C7H14N4S. The zero-order valence-electron chi connectivity index (χ0n) is 7.13. The fourth-order valence-corrected chi connectivity index (χ4v) is 1.29. The minimum absolute atomic E-state index is 0.0668. The van der Waals surface area contributed by atoms with Crippen LogP contribution in [-0.2, 0) is 0 Å². The largest absolute Gasteiger partial charge is 0.370 e. The predicted molar refractivity (Wildman–Crippen MR) is 55.4 cm³/mol. The van der Waals surface area contributed by atoms with Gasteiger partial charge in [-0.2, -0.15) is 4.99 Å². The van der Waals surface area contributed by atoms with Crippen molar-refractivity contribution >= 4 is 22.9 Å². The molecule has 68 valence electrons. The molecule has 0 unspecified atom stereocenters. The van der Waals surface area contributed by atoms with Crippen LogP contribution in [0.4, 0.5) is 0 Å². The van der Waals surface area contributed by atoms with Crippen LogP contribution in [0.2, 0.25) is 0 Å². The van der Waals surface area contributed by atoms with Crippen LogP contribution < -0.4 is 11.5 Å². The molecule has 0 aliphatic rings. The van der Waals surface area contributed by atoms with Crippen molar-refractivity contribution in [2.24, 2.45) is 16.5 Å². The summed E-state index contributed by atoms with van der Waals surface area (Å²) < 4.78 is 0. The molecule has 0 aromatic heterocycles. The van der Waals surface area contributed by atoms with Crippen LogP contribution in [0.5, 0.6) is 0 Å². The number of hydrogen-bond acceptors (Lipinski definition) is 2. The van der Waals surface area contributed by atoms with E-state index in [-0.39, 0.29) is 11.1 Å². The number of amidine groups is 1. The van der Waals surface area contributed by atoms with Crippen molar-refractivity contribution in [1.29, 1.82) is 5.41 Å². The second-order valence-corrected chi connectivity index (χ2v) is 3.48. The average molecular weight is 186 g/mol. The Morgan fingerprint density at radius 3 is 2.58 bits per heavy atom. The Balaban J connectivity index is 3.59. The summed E-state index contributed by atoms with van der Waals surface area (Å²) >= 11 is 1.31. The van der Waals surface area contributed by atoms with Gasteiger partial charge in [-0.15, -0.1) is 6.58 Å². The van der Waals surface area contributed by atoms with Gasteiger partial charge in [-0.05, 0) is 13.3 Å². The standard InChI is InChI=1S/C7H14N4S/c1-5(2)3-4-12-7(10)11-6(8)9/h1,3-4H2,2H3,(H5,8,9,10,11). The van der Waals surface area contributed by atoms with Gasteiger partial charge in [0.25, 0.3) is 0 Å². The van der Waals surface area contributed by atoms with Gasteiger partial charge in [-0.3, -0.25) is 5.41 Å². The number of hydrogen-bond donors (Lipinski definition) is 3. The average Bonchev–Trinajstić information content (AvgIpc) is 1.84. The maximum Gasteiger partial charge on any atom is 0.193 e. The second-order valence-electron chi connectivity index (χ2n) is 2.40. The first-order chi connectivity index (χ1) is 5.52. The minimum Gasteiger partial charge on any atom is -0.370 e. The predicted octanol–water partition coefficient (Wildman–Crippen LogP) is 0.894. The van der Waals surface area contributed by atoms with E-state index in [1.54, 1.807) is 0 Å². The van der Waals surface area contributed by atoms with E-state index >= 15 is 0 Å². The van der Waals surface area contributed by atoms with Crippen LogP contribution in [0.25, 0.3) is 0 Å². The third-order valence-electron chi connectivity index (χ3n) is 0.998. The lowest BCUT2D eigenvalue weighted by atomic mass is 10.3. The maximum absolute atomic E-state index is 7.25. The summed E-state index contributed by atoms with van der Waals surface area (Å²) in [4.78, 5) is 3.56. The number of nitrogens with zero attached hydrogens (tertiary/aromatic N) is 1. The molecule has 0 spiro atoms. The lowest BCUT2D eigenvalue weighted by Crippen LogP contribution is -2.23. The van der Waals surface area contributed by atoms with Gasteiger partial charge >= 0.3 is 0 Å².